The molecule has 1 aromatic heterocycles. The Kier molecular flexibility index (Phi) is 5.47. The molecule has 7 heteroatoms. The van der Waals surface area contributed by atoms with Gasteiger partial charge in [0.15, 0.2) is 6.10 Å². The number of hydrogen-bond acceptors (Lipinski definition) is 3. The number of carbonyl (C=O) groups is 1. The van der Waals surface area contributed by atoms with E-state index in [0.29, 0.717) is 22.3 Å². The van der Waals surface area contributed by atoms with Gasteiger partial charge in [-0.2, -0.15) is 0 Å². The number of hydrogen-bond donors (Lipinski definition) is 1. The predicted octanol–water partition coefficient (Wildman–Crippen LogP) is 5.04. The predicted molar refractivity (Wildman–Crippen MR) is 111 cm³/mol. The average Bonchev–Trinajstić information content (AvgIpc) is 3.14. The standard InChI is InChI=1S/C21H21Cl2N3O2/c1-13(28-19-9-8-15(22)11-16(19)23)21(27)26-10-4-5-14(12-26)20-24-17-6-2-3-7-18(17)25-20/h2-3,6-9,11,13-14H,4-5,10,12H2,1H3,(H,24,25). The number of fused-ring (bicyclic) bond motifs is 1. The van der Waals surface area contributed by atoms with Gasteiger partial charge in [0.05, 0.1) is 16.1 Å². The van der Waals surface area contributed by atoms with Gasteiger partial charge in [0, 0.05) is 24.0 Å². The lowest BCUT2D eigenvalue weighted by Gasteiger charge is -2.33. The van der Waals surface area contributed by atoms with Gasteiger partial charge < -0.3 is 14.6 Å². The van der Waals surface area contributed by atoms with Crippen molar-refractivity contribution in [3.63, 3.8) is 0 Å². The van der Waals surface area contributed by atoms with Crippen LogP contribution in [-0.2, 0) is 4.79 Å². The van der Waals surface area contributed by atoms with Crippen molar-refractivity contribution >= 4 is 40.1 Å². The summed E-state index contributed by atoms with van der Waals surface area (Å²) in [6.07, 6.45) is 1.30. The third-order valence-corrected chi connectivity index (χ3v) is 5.60. The monoisotopic (exact) mass is 417 g/mol. The molecule has 2 heterocycles. The van der Waals surface area contributed by atoms with Crippen LogP contribution in [0.4, 0.5) is 0 Å². The number of halogens is 2. The van der Waals surface area contributed by atoms with E-state index in [1.54, 1.807) is 25.1 Å². The normalized spacial score (nSPS) is 18.2. The van der Waals surface area contributed by atoms with Crippen LogP contribution < -0.4 is 4.74 Å². The topological polar surface area (TPSA) is 58.2 Å². The molecule has 2 atom stereocenters. The van der Waals surface area contributed by atoms with Crippen LogP contribution in [-0.4, -0.2) is 40.0 Å². The highest BCUT2D eigenvalue weighted by atomic mass is 35.5. The molecular weight excluding hydrogens is 397 g/mol. The summed E-state index contributed by atoms with van der Waals surface area (Å²) in [4.78, 5) is 22.9. The molecule has 1 saturated heterocycles. The van der Waals surface area contributed by atoms with Gasteiger partial charge in [-0.1, -0.05) is 35.3 Å². The summed E-state index contributed by atoms with van der Waals surface area (Å²) in [5.41, 5.74) is 1.98. The Morgan fingerprint density at radius 2 is 2.11 bits per heavy atom. The Hall–Kier alpha value is -2.24. The summed E-state index contributed by atoms with van der Waals surface area (Å²) >= 11 is 12.1. The zero-order valence-electron chi connectivity index (χ0n) is 15.5. The number of imidazole rings is 1. The largest absolute Gasteiger partial charge is 0.479 e. The Bertz CT molecular complexity index is 971. The molecule has 1 amide bonds. The first kappa shape index (κ1) is 19.1. The van der Waals surface area contributed by atoms with Crippen molar-refractivity contribution in [1.29, 1.82) is 0 Å². The number of carbonyl (C=O) groups excluding carboxylic acids is 1. The number of nitrogens with one attached hydrogen (secondary N) is 1. The lowest BCUT2D eigenvalue weighted by atomic mass is 9.97. The summed E-state index contributed by atoms with van der Waals surface area (Å²) in [5.74, 6) is 1.54. The summed E-state index contributed by atoms with van der Waals surface area (Å²) in [7, 11) is 0. The fourth-order valence-electron chi connectivity index (χ4n) is 3.64. The Morgan fingerprint density at radius 1 is 1.29 bits per heavy atom. The first-order valence-electron chi connectivity index (χ1n) is 9.36. The van der Waals surface area contributed by atoms with Crippen molar-refractivity contribution < 1.29 is 9.53 Å². The first-order chi connectivity index (χ1) is 13.5. The summed E-state index contributed by atoms with van der Waals surface area (Å²) in [6, 6.07) is 13.0. The zero-order valence-corrected chi connectivity index (χ0v) is 17.0. The van der Waals surface area contributed by atoms with Crippen LogP contribution in [0.1, 0.15) is 31.5 Å². The number of rotatable bonds is 4. The van der Waals surface area contributed by atoms with Gasteiger partial charge >= 0.3 is 0 Å². The van der Waals surface area contributed by atoms with Crippen molar-refractivity contribution in [2.75, 3.05) is 13.1 Å². The van der Waals surface area contributed by atoms with Crippen LogP contribution in [0, 0.1) is 0 Å². The fraction of sp³-hybridized carbons (Fsp3) is 0.333. The highest BCUT2D eigenvalue weighted by molar-refractivity contribution is 6.35. The molecule has 0 aliphatic carbocycles. The molecule has 1 aliphatic rings. The maximum Gasteiger partial charge on any atom is 0.263 e. The Morgan fingerprint density at radius 3 is 2.89 bits per heavy atom. The van der Waals surface area contributed by atoms with E-state index < -0.39 is 6.10 Å². The number of benzene rings is 2. The molecule has 0 bridgehead atoms. The minimum atomic E-state index is -0.631. The molecule has 3 aromatic rings. The first-order valence-corrected chi connectivity index (χ1v) is 10.1. The Labute approximate surface area is 173 Å². The molecule has 28 heavy (non-hydrogen) atoms. The van der Waals surface area contributed by atoms with Gasteiger partial charge in [-0.25, -0.2) is 4.98 Å². The van der Waals surface area contributed by atoms with Crippen molar-refractivity contribution in [3.05, 3.63) is 58.3 Å². The van der Waals surface area contributed by atoms with Gasteiger partial charge in [0.2, 0.25) is 0 Å². The molecule has 1 aliphatic heterocycles. The smallest absolute Gasteiger partial charge is 0.263 e. The molecule has 0 spiro atoms. The second-order valence-corrected chi connectivity index (χ2v) is 7.94. The van der Waals surface area contributed by atoms with E-state index in [1.807, 2.05) is 29.2 Å². The highest BCUT2D eigenvalue weighted by Gasteiger charge is 2.30. The molecule has 5 nitrogen and oxygen atoms in total. The highest BCUT2D eigenvalue weighted by Crippen LogP contribution is 2.30. The minimum absolute atomic E-state index is 0.0492. The van der Waals surface area contributed by atoms with E-state index in [1.165, 1.54) is 0 Å². The second kappa shape index (κ2) is 8.02. The quantitative estimate of drug-likeness (QED) is 0.646. The van der Waals surface area contributed by atoms with E-state index in [-0.39, 0.29) is 11.8 Å². The lowest BCUT2D eigenvalue weighted by Crippen LogP contribution is -2.45. The SMILES string of the molecule is CC(Oc1ccc(Cl)cc1Cl)C(=O)N1CCCC(c2nc3ccccc3[nH]2)C1. The van der Waals surface area contributed by atoms with Crippen molar-refractivity contribution in [3.8, 4) is 5.75 Å². The Balaban J connectivity index is 1.45. The molecular formula is C21H21Cl2N3O2. The van der Waals surface area contributed by atoms with Gasteiger partial charge in [-0.05, 0) is 50.1 Å². The number of ether oxygens (including phenoxy) is 1. The van der Waals surface area contributed by atoms with Gasteiger partial charge in [0.25, 0.3) is 5.91 Å². The molecule has 2 aromatic carbocycles. The molecule has 146 valence electrons. The van der Waals surface area contributed by atoms with Gasteiger partial charge in [-0.3, -0.25) is 4.79 Å². The summed E-state index contributed by atoms with van der Waals surface area (Å²) in [6.45, 7) is 3.09. The lowest BCUT2D eigenvalue weighted by molar-refractivity contribution is -0.139. The fourth-order valence-corrected chi connectivity index (χ4v) is 4.09. The number of nitrogens with zero attached hydrogens (tertiary/aromatic N) is 2. The van der Waals surface area contributed by atoms with E-state index in [2.05, 4.69) is 4.98 Å². The van der Waals surface area contributed by atoms with Crippen LogP contribution in [0.25, 0.3) is 11.0 Å². The van der Waals surface area contributed by atoms with Crippen LogP contribution >= 0.6 is 23.2 Å². The number of H-pyrrole nitrogens is 1. The molecule has 1 N–H and O–H groups in total. The molecule has 1 fully saturated rings. The third kappa shape index (κ3) is 3.96. The van der Waals surface area contributed by atoms with Crippen LogP contribution in [0.15, 0.2) is 42.5 Å². The van der Waals surface area contributed by atoms with Crippen molar-refractivity contribution in [2.24, 2.45) is 0 Å². The zero-order chi connectivity index (χ0) is 19.7. The number of aromatic amines is 1. The van der Waals surface area contributed by atoms with E-state index in [4.69, 9.17) is 32.9 Å². The van der Waals surface area contributed by atoms with Crippen LogP contribution in [0.3, 0.4) is 0 Å². The van der Waals surface area contributed by atoms with E-state index in [9.17, 15) is 4.79 Å². The van der Waals surface area contributed by atoms with Crippen LogP contribution in [0.5, 0.6) is 5.75 Å². The van der Waals surface area contributed by atoms with Crippen molar-refractivity contribution in [1.82, 2.24) is 14.9 Å². The average molecular weight is 418 g/mol. The second-order valence-electron chi connectivity index (χ2n) is 7.10. The summed E-state index contributed by atoms with van der Waals surface area (Å²) < 4.78 is 5.80. The minimum Gasteiger partial charge on any atom is -0.479 e. The number of aromatic nitrogens is 2. The molecule has 4 rings (SSSR count). The van der Waals surface area contributed by atoms with Crippen LogP contribution in [0.2, 0.25) is 10.0 Å². The number of para-hydroxylation sites is 2. The van der Waals surface area contributed by atoms with E-state index in [0.717, 1.165) is 36.2 Å². The van der Waals surface area contributed by atoms with Gasteiger partial charge in [0.1, 0.15) is 11.6 Å². The molecule has 0 radical (unpaired) electrons. The van der Waals surface area contributed by atoms with E-state index >= 15 is 0 Å². The molecule has 2 unspecified atom stereocenters. The van der Waals surface area contributed by atoms with Gasteiger partial charge in [-0.15, -0.1) is 0 Å². The maximum atomic E-state index is 12.9. The summed E-state index contributed by atoms with van der Waals surface area (Å²) in [5, 5.41) is 0.923. The number of piperidine rings is 1. The third-order valence-electron chi connectivity index (χ3n) is 5.07. The molecule has 0 saturated carbocycles. The maximum absolute atomic E-state index is 12.9. The number of likely N-dealkylation sites (tertiary alicyclic amines) is 1. The van der Waals surface area contributed by atoms with Crippen molar-refractivity contribution in [2.45, 2.75) is 31.8 Å². The number of amides is 1.